The standard InChI is InChI=1S/C21H22FN3O3S/c1-3-12-28-17-10-8-16(9-11-17)25-19(26)13-18(20(25)27)29-21(23-2)24-15-6-4-14(22)5-7-15/h4-11,18H,3,12-13H2,1-2H3,(H,23,24)/t18-/m1/s1. The maximum absolute atomic E-state index is 13.1. The molecule has 8 heteroatoms. The van der Waals surface area contributed by atoms with Crippen LogP contribution in [0.1, 0.15) is 19.8 Å². The van der Waals surface area contributed by atoms with Crippen molar-refractivity contribution >= 4 is 40.1 Å². The molecule has 1 aliphatic rings. The Hall–Kier alpha value is -2.87. The van der Waals surface area contributed by atoms with E-state index < -0.39 is 5.25 Å². The van der Waals surface area contributed by atoms with Crippen molar-refractivity contribution in [2.24, 2.45) is 4.99 Å². The van der Waals surface area contributed by atoms with Crippen LogP contribution in [-0.4, -0.2) is 35.9 Å². The number of hydrogen-bond acceptors (Lipinski definition) is 5. The number of carbonyl (C=O) groups is 2. The number of halogens is 1. The van der Waals surface area contributed by atoms with E-state index >= 15 is 0 Å². The molecule has 1 saturated heterocycles. The van der Waals surface area contributed by atoms with Crippen molar-refractivity contribution in [3.63, 3.8) is 0 Å². The molecule has 152 valence electrons. The molecule has 1 fully saturated rings. The van der Waals surface area contributed by atoms with Gasteiger partial charge in [0.25, 0.3) is 0 Å². The highest BCUT2D eigenvalue weighted by Crippen LogP contribution is 2.31. The highest BCUT2D eigenvalue weighted by Gasteiger charge is 2.40. The summed E-state index contributed by atoms with van der Waals surface area (Å²) in [5, 5.41) is 2.95. The van der Waals surface area contributed by atoms with E-state index in [2.05, 4.69) is 10.3 Å². The minimum Gasteiger partial charge on any atom is -0.494 e. The second-order valence-electron chi connectivity index (χ2n) is 6.38. The highest BCUT2D eigenvalue weighted by molar-refractivity contribution is 8.15. The number of carbonyl (C=O) groups excluding carboxylic acids is 2. The van der Waals surface area contributed by atoms with Crippen LogP contribution in [0.3, 0.4) is 0 Å². The molecule has 6 nitrogen and oxygen atoms in total. The minimum absolute atomic E-state index is 0.0850. The van der Waals surface area contributed by atoms with Crippen LogP contribution >= 0.6 is 11.8 Å². The number of amides is 2. The van der Waals surface area contributed by atoms with Crippen molar-refractivity contribution in [1.29, 1.82) is 0 Å². The lowest BCUT2D eigenvalue weighted by atomic mass is 10.3. The van der Waals surface area contributed by atoms with Gasteiger partial charge in [0.05, 0.1) is 12.3 Å². The number of ether oxygens (including phenoxy) is 1. The largest absolute Gasteiger partial charge is 0.494 e. The average Bonchev–Trinajstić information content (AvgIpc) is 3.01. The highest BCUT2D eigenvalue weighted by atomic mass is 32.2. The molecule has 0 radical (unpaired) electrons. The van der Waals surface area contributed by atoms with Gasteiger partial charge < -0.3 is 10.1 Å². The Bertz CT molecular complexity index is 900. The van der Waals surface area contributed by atoms with Crippen LogP contribution in [0.25, 0.3) is 0 Å². The van der Waals surface area contributed by atoms with Crippen molar-refractivity contribution in [2.75, 3.05) is 23.9 Å². The van der Waals surface area contributed by atoms with Crippen LogP contribution in [-0.2, 0) is 9.59 Å². The molecule has 2 aromatic rings. The first-order valence-corrected chi connectivity index (χ1v) is 10.2. The van der Waals surface area contributed by atoms with Crippen molar-refractivity contribution in [3.8, 4) is 5.75 Å². The third-order valence-electron chi connectivity index (χ3n) is 4.23. The van der Waals surface area contributed by atoms with Crippen molar-refractivity contribution in [1.82, 2.24) is 0 Å². The summed E-state index contributed by atoms with van der Waals surface area (Å²) in [6, 6.07) is 12.7. The second-order valence-corrected chi connectivity index (χ2v) is 7.57. The third kappa shape index (κ3) is 5.14. The fraction of sp³-hybridized carbons (Fsp3) is 0.286. The van der Waals surface area contributed by atoms with Gasteiger partial charge in [0.1, 0.15) is 16.8 Å². The van der Waals surface area contributed by atoms with Crippen LogP contribution in [0.15, 0.2) is 53.5 Å². The number of amidine groups is 1. The summed E-state index contributed by atoms with van der Waals surface area (Å²) in [5.74, 6) is -0.183. The Kier molecular flexibility index (Phi) is 6.87. The normalized spacial score (nSPS) is 17.0. The number of benzene rings is 2. The SMILES string of the molecule is CCCOc1ccc(N2C(=O)C[C@@H](SC(=NC)Nc3ccc(F)cc3)C2=O)cc1. The number of thioether (sulfide) groups is 1. The number of nitrogens with zero attached hydrogens (tertiary/aromatic N) is 2. The van der Waals surface area contributed by atoms with Gasteiger partial charge in [-0.25, -0.2) is 9.29 Å². The fourth-order valence-corrected chi connectivity index (χ4v) is 3.79. The maximum atomic E-state index is 13.1. The molecule has 0 bridgehead atoms. The molecule has 29 heavy (non-hydrogen) atoms. The zero-order valence-electron chi connectivity index (χ0n) is 16.2. The lowest BCUT2D eigenvalue weighted by Gasteiger charge is -2.16. The Morgan fingerprint density at radius 3 is 2.52 bits per heavy atom. The molecular weight excluding hydrogens is 393 g/mol. The van der Waals surface area contributed by atoms with E-state index in [1.54, 1.807) is 43.4 Å². The Labute approximate surface area is 173 Å². The number of imide groups is 1. The number of rotatable bonds is 6. The molecule has 0 aromatic heterocycles. The molecule has 1 atom stereocenters. The molecule has 3 rings (SSSR count). The van der Waals surface area contributed by atoms with Gasteiger partial charge in [-0.2, -0.15) is 0 Å². The predicted molar refractivity (Wildman–Crippen MR) is 114 cm³/mol. The number of nitrogens with one attached hydrogen (secondary N) is 1. The molecule has 0 spiro atoms. The Morgan fingerprint density at radius 2 is 1.90 bits per heavy atom. The van der Waals surface area contributed by atoms with E-state index in [1.807, 2.05) is 6.92 Å². The van der Waals surface area contributed by atoms with Crippen LogP contribution < -0.4 is 15.0 Å². The molecule has 1 aliphatic heterocycles. The van der Waals surface area contributed by atoms with Crippen LogP contribution in [0, 0.1) is 5.82 Å². The Morgan fingerprint density at radius 1 is 1.21 bits per heavy atom. The lowest BCUT2D eigenvalue weighted by Crippen LogP contribution is -2.31. The topological polar surface area (TPSA) is 71.0 Å². The van der Waals surface area contributed by atoms with Crippen molar-refractivity contribution < 1.29 is 18.7 Å². The molecule has 0 aliphatic carbocycles. The Balaban J connectivity index is 1.66. The summed E-state index contributed by atoms with van der Waals surface area (Å²) < 4.78 is 18.6. The molecule has 2 aromatic carbocycles. The zero-order valence-corrected chi connectivity index (χ0v) is 17.0. The summed E-state index contributed by atoms with van der Waals surface area (Å²) in [6.07, 6.45) is 0.985. The summed E-state index contributed by atoms with van der Waals surface area (Å²) in [7, 11) is 1.59. The minimum atomic E-state index is -0.579. The first-order chi connectivity index (χ1) is 14.0. The van der Waals surface area contributed by atoms with E-state index in [0.29, 0.717) is 28.9 Å². The lowest BCUT2D eigenvalue weighted by molar-refractivity contribution is -0.121. The smallest absolute Gasteiger partial charge is 0.247 e. The number of aliphatic imine (C=N–C) groups is 1. The second kappa shape index (κ2) is 9.56. The molecule has 0 unspecified atom stereocenters. The van der Waals surface area contributed by atoms with E-state index in [-0.39, 0.29) is 24.1 Å². The zero-order chi connectivity index (χ0) is 20.8. The monoisotopic (exact) mass is 415 g/mol. The quantitative estimate of drug-likeness (QED) is 0.437. The summed E-state index contributed by atoms with van der Waals surface area (Å²) >= 11 is 1.18. The fourth-order valence-electron chi connectivity index (χ4n) is 2.81. The van der Waals surface area contributed by atoms with Crippen molar-refractivity contribution in [2.45, 2.75) is 25.0 Å². The van der Waals surface area contributed by atoms with Gasteiger partial charge in [-0.15, -0.1) is 0 Å². The van der Waals surface area contributed by atoms with E-state index in [9.17, 15) is 14.0 Å². The van der Waals surface area contributed by atoms with Crippen LogP contribution in [0.5, 0.6) is 5.75 Å². The van der Waals surface area contributed by atoms with Gasteiger partial charge in [0.15, 0.2) is 5.17 Å². The molecule has 0 saturated carbocycles. The molecule has 1 N–H and O–H groups in total. The van der Waals surface area contributed by atoms with E-state index in [4.69, 9.17) is 4.74 Å². The van der Waals surface area contributed by atoms with Gasteiger partial charge in [-0.1, -0.05) is 18.7 Å². The summed E-state index contributed by atoms with van der Waals surface area (Å²) in [6.45, 7) is 2.63. The molecule has 2 amide bonds. The maximum Gasteiger partial charge on any atom is 0.247 e. The van der Waals surface area contributed by atoms with Gasteiger partial charge >= 0.3 is 0 Å². The first-order valence-electron chi connectivity index (χ1n) is 9.27. The van der Waals surface area contributed by atoms with Crippen molar-refractivity contribution in [3.05, 3.63) is 54.3 Å². The number of anilines is 2. The molecular formula is C21H22FN3O3S. The average molecular weight is 415 g/mol. The van der Waals surface area contributed by atoms with E-state index in [1.165, 1.54) is 28.8 Å². The first kappa shape index (κ1) is 20.9. The van der Waals surface area contributed by atoms with Gasteiger partial charge in [0.2, 0.25) is 11.8 Å². The van der Waals surface area contributed by atoms with Gasteiger partial charge in [-0.05, 0) is 55.0 Å². The van der Waals surface area contributed by atoms with Gasteiger partial charge in [-0.3, -0.25) is 14.6 Å². The summed E-state index contributed by atoms with van der Waals surface area (Å²) in [4.78, 5) is 30.7. The number of hydrogen-bond donors (Lipinski definition) is 1. The van der Waals surface area contributed by atoms with Crippen LogP contribution in [0.4, 0.5) is 15.8 Å². The molecule has 1 heterocycles. The third-order valence-corrected chi connectivity index (χ3v) is 5.39. The predicted octanol–water partition coefficient (Wildman–Crippen LogP) is 4.08. The van der Waals surface area contributed by atoms with Gasteiger partial charge in [0, 0.05) is 19.2 Å². The summed E-state index contributed by atoms with van der Waals surface area (Å²) in [5.41, 5.74) is 1.17. The van der Waals surface area contributed by atoms with E-state index in [0.717, 1.165) is 6.42 Å². The van der Waals surface area contributed by atoms with Crippen LogP contribution in [0.2, 0.25) is 0 Å².